The molecule has 0 aromatic carbocycles. The summed E-state index contributed by atoms with van der Waals surface area (Å²) in [6, 6.07) is 0.647. The highest BCUT2D eigenvalue weighted by Gasteiger charge is 2.24. The standard InChI is InChI=1S/C10H22NO2PS2/c1-9-5-3-4-6-10(9)11(2)7-8-13-14(12,15)16/h9-10H,3-8H2,1-2H3,(H2,12,15,16). The van der Waals surface area contributed by atoms with Crippen molar-refractivity contribution in [1.82, 2.24) is 4.90 Å². The molecule has 3 atom stereocenters. The molecule has 0 amide bonds. The maximum Gasteiger partial charge on any atom is 0.241 e. The molecule has 6 heteroatoms. The minimum atomic E-state index is -2.78. The Labute approximate surface area is 109 Å². The maximum atomic E-state index is 9.24. The van der Waals surface area contributed by atoms with Crippen LogP contribution in [0.1, 0.15) is 32.6 Å². The minimum absolute atomic E-state index is 0.469. The Morgan fingerprint density at radius 1 is 1.50 bits per heavy atom. The van der Waals surface area contributed by atoms with Crippen molar-refractivity contribution in [2.45, 2.75) is 38.6 Å². The second-order valence-electron chi connectivity index (χ2n) is 4.63. The van der Waals surface area contributed by atoms with Gasteiger partial charge in [0.15, 0.2) is 0 Å². The van der Waals surface area contributed by atoms with E-state index in [2.05, 4.69) is 31.1 Å². The van der Waals surface area contributed by atoms with Gasteiger partial charge in [-0.3, -0.25) is 0 Å². The van der Waals surface area contributed by atoms with Crippen molar-refractivity contribution >= 4 is 29.7 Å². The fourth-order valence-corrected chi connectivity index (χ4v) is 3.21. The highest BCUT2D eigenvalue weighted by atomic mass is 32.9. The van der Waals surface area contributed by atoms with Gasteiger partial charge in [0.1, 0.15) is 0 Å². The molecule has 3 unspecified atom stereocenters. The molecule has 0 radical (unpaired) electrons. The van der Waals surface area contributed by atoms with Gasteiger partial charge in [0.05, 0.1) is 6.61 Å². The van der Waals surface area contributed by atoms with Crippen molar-refractivity contribution in [2.24, 2.45) is 5.92 Å². The van der Waals surface area contributed by atoms with Gasteiger partial charge in [-0.2, -0.15) is 0 Å². The summed E-state index contributed by atoms with van der Waals surface area (Å²) in [6.07, 6.45) is 5.27. The van der Waals surface area contributed by atoms with E-state index in [9.17, 15) is 4.89 Å². The summed E-state index contributed by atoms with van der Waals surface area (Å²) in [7, 11) is 2.12. The number of hydrogen-bond donors (Lipinski definition) is 2. The smallest absolute Gasteiger partial charge is 0.241 e. The zero-order chi connectivity index (χ0) is 12.2. The van der Waals surface area contributed by atoms with E-state index in [0.717, 1.165) is 12.5 Å². The molecule has 1 rings (SSSR count). The third kappa shape index (κ3) is 5.48. The van der Waals surface area contributed by atoms with Gasteiger partial charge in [0, 0.05) is 12.6 Å². The molecule has 1 aliphatic rings. The van der Waals surface area contributed by atoms with Crippen LogP contribution in [-0.2, 0) is 16.3 Å². The first-order valence-corrected chi connectivity index (χ1v) is 9.63. The molecule has 0 saturated heterocycles. The van der Waals surface area contributed by atoms with Crippen LogP contribution >= 0.6 is 17.9 Å². The molecule has 0 aliphatic heterocycles. The summed E-state index contributed by atoms with van der Waals surface area (Å²) < 4.78 is 5.13. The van der Waals surface area contributed by atoms with Crippen molar-refractivity contribution in [3.63, 3.8) is 0 Å². The Kier molecular flexibility index (Phi) is 6.27. The van der Waals surface area contributed by atoms with Crippen LogP contribution in [0.5, 0.6) is 0 Å². The molecule has 0 bridgehead atoms. The molecular weight excluding hydrogens is 261 g/mol. The first-order chi connectivity index (χ1) is 7.40. The van der Waals surface area contributed by atoms with Crippen LogP contribution in [0.3, 0.4) is 0 Å². The Morgan fingerprint density at radius 3 is 2.69 bits per heavy atom. The lowest BCUT2D eigenvalue weighted by Gasteiger charge is -2.36. The second-order valence-corrected chi connectivity index (χ2v) is 9.80. The highest BCUT2D eigenvalue weighted by molar-refractivity contribution is 8.59. The summed E-state index contributed by atoms with van der Waals surface area (Å²) in [4.78, 5) is 11.6. The molecule has 1 aliphatic carbocycles. The van der Waals surface area contributed by atoms with E-state index in [0.29, 0.717) is 12.6 Å². The van der Waals surface area contributed by atoms with Crippen LogP contribution in [-0.4, -0.2) is 36.0 Å². The van der Waals surface area contributed by atoms with Gasteiger partial charge in [-0.15, -0.1) is 0 Å². The van der Waals surface area contributed by atoms with Crippen LogP contribution in [0.15, 0.2) is 0 Å². The molecule has 0 aromatic rings. The van der Waals surface area contributed by atoms with E-state index in [1.54, 1.807) is 0 Å². The predicted octanol–water partition coefficient (Wildman–Crippen LogP) is 2.66. The molecule has 1 fully saturated rings. The summed E-state index contributed by atoms with van der Waals surface area (Å²) in [5.74, 6) is 0.756. The first-order valence-electron chi connectivity index (χ1n) is 5.80. The largest absolute Gasteiger partial charge is 0.338 e. The second kappa shape index (κ2) is 6.72. The Balaban J connectivity index is 2.28. The fourth-order valence-electron chi connectivity index (χ4n) is 2.42. The van der Waals surface area contributed by atoms with Crippen LogP contribution in [0.2, 0.25) is 0 Å². The number of rotatable bonds is 5. The van der Waals surface area contributed by atoms with Gasteiger partial charge in [-0.05, 0) is 37.6 Å². The fraction of sp³-hybridized carbons (Fsp3) is 1.00. The van der Waals surface area contributed by atoms with Gasteiger partial charge < -0.3 is 14.3 Å². The van der Waals surface area contributed by atoms with E-state index in [1.807, 2.05) is 0 Å². The Morgan fingerprint density at radius 2 is 2.12 bits per heavy atom. The van der Waals surface area contributed by atoms with E-state index in [4.69, 9.17) is 16.3 Å². The van der Waals surface area contributed by atoms with Gasteiger partial charge >= 0.3 is 0 Å². The normalized spacial score (nSPS) is 30.3. The molecule has 0 spiro atoms. The average molecular weight is 283 g/mol. The van der Waals surface area contributed by atoms with Crippen molar-refractivity contribution in [2.75, 3.05) is 20.2 Å². The topological polar surface area (TPSA) is 32.7 Å². The molecule has 96 valence electrons. The minimum Gasteiger partial charge on any atom is -0.338 e. The molecule has 3 nitrogen and oxygen atoms in total. The lowest BCUT2D eigenvalue weighted by Crippen LogP contribution is -2.40. The van der Waals surface area contributed by atoms with Gasteiger partial charge in [0.25, 0.3) is 0 Å². The molecule has 16 heavy (non-hydrogen) atoms. The molecule has 1 saturated carbocycles. The van der Waals surface area contributed by atoms with Crippen molar-refractivity contribution in [3.05, 3.63) is 0 Å². The van der Waals surface area contributed by atoms with E-state index >= 15 is 0 Å². The van der Waals surface area contributed by atoms with Crippen LogP contribution < -0.4 is 0 Å². The number of thiol groups is 1. The van der Waals surface area contributed by atoms with Crippen molar-refractivity contribution < 1.29 is 9.42 Å². The van der Waals surface area contributed by atoms with Gasteiger partial charge in [0.2, 0.25) is 5.69 Å². The quantitative estimate of drug-likeness (QED) is 0.600. The molecule has 0 heterocycles. The summed E-state index contributed by atoms with van der Waals surface area (Å²) in [6.45, 7) is 3.60. The zero-order valence-corrected chi connectivity index (χ0v) is 12.6. The van der Waals surface area contributed by atoms with Crippen molar-refractivity contribution in [3.8, 4) is 0 Å². The van der Waals surface area contributed by atoms with Crippen LogP contribution in [0.4, 0.5) is 0 Å². The maximum absolute atomic E-state index is 9.24. The highest BCUT2D eigenvalue weighted by Crippen LogP contribution is 2.46. The van der Waals surface area contributed by atoms with E-state index < -0.39 is 5.69 Å². The van der Waals surface area contributed by atoms with Crippen LogP contribution in [0.25, 0.3) is 0 Å². The number of likely N-dealkylation sites (N-methyl/N-ethyl adjacent to an activating group) is 1. The van der Waals surface area contributed by atoms with Gasteiger partial charge in [-0.25, -0.2) is 0 Å². The SMILES string of the molecule is CC1CCCCC1N(C)CCOP(O)(=S)S. The summed E-state index contributed by atoms with van der Waals surface area (Å²) in [5.41, 5.74) is -2.78. The molecule has 1 N–H and O–H groups in total. The summed E-state index contributed by atoms with van der Waals surface area (Å²) >= 11 is 8.55. The Hall–Kier alpha value is 0.880. The van der Waals surface area contributed by atoms with Gasteiger partial charge in [-0.1, -0.05) is 32.0 Å². The molecular formula is C10H22NO2PS2. The third-order valence-electron chi connectivity index (χ3n) is 3.34. The van der Waals surface area contributed by atoms with Crippen molar-refractivity contribution in [1.29, 1.82) is 0 Å². The van der Waals surface area contributed by atoms with Crippen LogP contribution in [0, 0.1) is 5.92 Å². The lowest BCUT2D eigenvalue weighted by molar-refractivity contribution is 0.121. The first kappa shape index (κ1) is 14.9. The number of nitrogens with zero attached hydrogens (tertiary/aromatic N) is 1. The zero-order valence-electron chi connectivity index (χ0n) is 10.0. The lowest BCUT2D eigenvalue weighted by atomic mass is 9.85. The molecule has 0 aromatic heterocycles. The third-order valence-corrected chi connectivity index (χ3v) is 4.52. The average Bonchev–Trinajstić information content (AvgIpc) is 2.16. The van der Waals surface area contributed by atoms with E-state index in [-0.39, 0.29) is 0 Å². The number of hydrogen-bond acceptors (Lipinski definition) is 3. The predicted molar refractivity (Wildman–Crippen MR) is 75.5 cm³/mol. The summed E-state index contributed by atoms with van der Waals surface area (Å²) in [5, 5.41) is 0. The van der Waals surface area contributed by atoms with E-state index in [1.165, 1.54) is 25.7 Å². The Bertz CT molecular complexity index is 259. The monoisotopic (exact) mass is 283 g/mol.